The van der Waals surface area contributed by atoms with Crippen molar-refractivity contribution in [1.82, 2.24) is 34.5 Å². The summed E-state index contributed by atoms with van der Waals surface area (Å²) in [6, 6.07) is 14.2. The van der Waals surface area contributed by atoms with Crippen molar-refractivity contribution >= 4 is 11.7 Å². The molecule has 1 amide bonds. The van der Waals surface area contributed by atoms with Crippen LogP contribution in [-0.2, 0) is 6.54 Å². The monoisotopic (exact) mass is 526 g/mol. The fourth-order valence-electron chi connectivity index (χ4n) is 5.75. The van der Waals surface area contributed by atoms with Crippen LogP contribution in [0.25, 0.3) is 5.95 Å². The van der Waals surface area contributed by atoms with Crippen LogP contribution in [0.2, 0.25) is 0 Å². The van der Waals surface area contributed by atoms with E-state index in [1.165, 1.54) is 5.56 Å². The molecule has 0 saturated carbocycles. The summed E-state index contributed by atoms with van der Waals surface area (Å²) in [5.41, 5.74) is 9.49. The minimum absolute atomic E-state index is 0.0211. The summed E-state index contributed by atoms with van der Waals surface area (Å²) in [6.45, 7) is 3.88. The molecule has 0 unspecified atom stereocenters. The lowest BCUT2D eigenvalue weighted by atomic mass is 9.90. The molecule has 1 aromatic carbocycles. The Morgan fingerprint density at radius 3 is 2.36 bits per heavy atom. The van der Waals surface area contributed by atoms with Crippen molar-refractivity contribution in [1.29, 1.82) is 0 Å². The van der Waals surface area contributed by atoms with Gasteiger partial charge in [-0.2, -0.15) is 5.10 Å². The van der Waals surface area contributed by atoms with E-state index < -0.39 is 5.82 Å². The highest BCUT2D eigenvalue weighted by Crippen LogP contribution is 2.34. The van der Waals surface area contributed by atoms with Crippen molar-refractivity contribution in [2.75, 3.05) is 31.9 Å². The summed E-state index contributed by atoms with van der Waals surface area (Å²) < 4.78 is 15.2. The van der Waals surface area contributed by atoms with E-state index in [-0.39, 0.29) is 17.8 Å². The van der Waals surface area contributed by atoms with E-state index in [2.05, 4.69) is 37.1 Å². The van der Waals surface area contributed by atoms with Crippen LogP contribution in [0, 0.1) is 5.82 Å². The van der Waals surface area contributed by atoms with Gasteiger partial charge in [-0.3, -0.25) is 9.69 Å². The number of amides is 1. The maximum absolute atomic E-state index is 13.9. The van der Waals surface area contributed by atoms with Gasteiger partial charge in [-0.15, -0.1) is 0 Å². The molecule has 2 N–H and O–H groups in total. The molecule has 9 nitrogen and oxygen atoms in total. The Morgan fingerprint density at radius 2 is 1.64 bits per heavy atom. The van der Waals surface area contributed by atoms with Gasteiger partial charge in [0.1, 0.15) is 5.82 Å². The van der Waals surface area contributed by atoms with Gasteiger partial charge in [-0.05, 0) is 49.5 Å². The minimum atomic E-state index is -0.516. The van der Waals surface area contributed by atoms with Crippen molar-refractivity contribution < 1.29 is 9.18 Å². The summed E-state index contributed by atoms with van der Waals surface area (Å²) in [5.74, 6) is 0.655. The maximum atomic E-state index is 13.9. The molecule has 1 atom stereocenters. The molecule has 6 rings (SSSR count). The number of nitrogens with two attached hydrogens (primary N) is 1. The van der Waals surface area contributed by atoms with Crippen LogP contribution in [0.5, 0.6) is 0 Å². The summed E-state index contributed by atoms with van der Waals surface area (Å²) in [5, 5.41) is 4.54. The molecule has 0 radical (unpaired) electrons. The molecule has 10 heteroatoms. The van der Waals surface area contributed by atoms with Crippen LogP contribution >= 0.6 is 0 Å². The summed E-state index contributed by atoms with van der Waals surface area (Å²) in [4.78, 5) is 30.7. The third-order valence-corrected chi connectivity index (χ3v) is 7.81. The third-order valence-electron chi connectivity index (χ3n) is 7.81. The zero-order valence-electron chi connectivity index (χ0n) is 21.7. The van der Waals surface area contributed by atoms with E-state index in [9.17, 15) is 9.18 Å². The Kier molecular flexibility index (Phi) is 7.02. The van der Waals surface area contributed by atoms with E-state index in [0.29, 0.717) is 30.4 Å². The van der Waals surface area contributed by atoms with Gasteiger partial charge >= 0.3 is 0 Å². The fraction of sp³-hybridized carbons (Fsp3) is 0.345. The van der Waals surface area contributed by atoms with Crippen LogP contribution in [-0.4, -0.2) is 66.6 Å². The van der Waals surface area contributed by atoms with E-state index >= 15 is 0 Å². The average molecular weight is 527 g/mol. The molecule has 0 bridgehead atoms. The van der Waals surface area contributed by atoms with E-state index in [4.69, 9.17) is 5.73 Å². The molecule has 2 aliphatic rings. The number of pyridine rings is 1. The van der Waals surface area contributed by atoms with Gasteiger partial charge in [0.25, 0.3) is 11.9 Å². The van der Waals surface area contributed by atoms with Gasteiger partial charge in [0, 0.05) is 37.7 Å². The highest BCUT2D eigenvalue weighted by Gasteiger charge is 2.34. The molecule has 4 aromatic rings. The van der Waals surface area contributed by atoms with Crippen molar-refractivity contribution in [3.63, 3.8) is 0 Å². The number of nitrogens with zero attached hydrogens (tertiary/aromatic N) is 7. The molecule has 3 aromatic heterocycles. The third kappa shape index (κ3) is 5.37. The number of carbonyl (C=O) groups is 1. The largest absolute Gasteiger partial charge is 0.384 e. The molecule has 2 aliphatic heterocycles. The summed E-state index contributed by atoms with van der Waals surface area (Å²) in [7, 11) is 0. The first kappa shape index (κ1) is 25.1. The second-order valence-corrected chi connectivity index (χ2v) is 10.3. The van der Waals surface area contributed by atoms with Gasteiger partial charge in [-0.1, -0.05) is 36.4 Å². The Bertz CT molecular complexity index is 1420. The molecule has 200 valence electrons. The number of nitrogen functional groups attached to an aromatic ring is 1. The van der Waals surface area contributed by atoms with Crippen LogP contribution in [0.15, 0.2) is 67.3 Å². The molecule has 2 fully saturated rings. The SMILES string of the molecule is Nc1ccc(CN2CCC(c3c(C(=O)N4CC[C@H](c5ccccc5)C4)cnn3-c3ncc(F)cn3)CC2)cn1. The predicted octanol–water partition coefficient (Wildman–Crippen LogP) is 3.79. The Morgan fingerprint density at radius 1 is 0.897 bits per heavy atom. The fourth-order valence-corrected chi connectivity index (χ4v) is 5.75. The van der Waals surface area contributed by atoms with Crippen molar-refractivity contribution in [3.05, 3.63) is 95.5 Å². The zero-order chi connectivity index (χ0) is 26.8. The smallest absolute Gasteiger partial charge is 0.257 e. The highest BCUT2D eigenvalue weighted by molar-refractivity contribution is 5.95. The lowest BCUT2D eigenvalue weighted by molar-refractivity contribution is 0.0788. The molecular formula is C29H31FN8O. The second-order valence-electron chi connectivity index (χ2n) is 10.3. The van der Waals surface area contributed by atoms with Gasteiger partial charge in [0.2, 0.25) is 0 Å². The number of hydrogen-bond donors (Lipinski definition) is 1. The topological polar surface area (TPSA) is 106 Å². The quantitative estimate of drug-likeness (QED) is 0.407. The van der Waals surface area contributed by atoms with E-state index in [1.54, 1.807) is 10.9 Å². The molecule has 5 heterocycles. The Hall–Kier alpha value is -4.18. The normalized spacial score (nSPS) is 18.5. The first-order valence-corrected chi connectivity index (χ1v) is 13.4. The number of carbonyl (C=O) groups excluding carboxylic acids is 1. The first-order valence-electron chi connectivity index (χ1n) is 13.4. The lowest BCUT2D eigenvalue weighted by Crippen LogP contribution is -2.34. The van der Waals surface area contributed by atoms with Gasteiger partial charge in [0.05, 0.1) is 29.8 Å². The minimum Gasteiger partial charge on any atom is -0.384 e. The summed E-state index contributed by atoms with van der Waals surface area (Å²) in [6.07, 6.45) is 8.33. The first-order chi connectivity index (χ1) is 19.0. The summed E-state index contributed by atoms with van der Waals surface area (Å²) >= 11 is 0. The van der Waals surface area contributed by atoms with Crippen LogP contribution in [0.1, 0.15) is 58.3 Å². The number of hydrogen-bond acceptors (Lipinski definition) is 7. The van der Waals surface area contributed by atoms with Gasteiger partial charge < -0.3 is 10.6 Å². The number of rotatable bonds is 6. The van der Waals surface area contributed by atoms with Crippen molar-refractivity contribution in [2.45, 2.75) is 37.6 Å². The number of aromatic nitrogens is 5. The maximum Gasteiger partial charge on any atom is 0.257 e. The standard InChI is InChI=1S/C29H31FN8O/c30-24-15-33-29(34-16-24)38-27(22-8-11-36(12-9-22)18-20-6-7-26(31)32-14-20)25(17-35-38)28(39)37-13-10-23(19-37)21-4-2-1-3-5-21/h1-7,14-17,22-23H,8-13,18-19H2,(H2,31,32)/t23-/m0/s1. The lowest BCUT2D eigenvalue weighted by Gasteiger charge is -2.32. The van der Waals surface area contributed by atoms with Crippen LogP contribution in [0.3, 0.4) is 0 Å². The number of benzene rings is 1. The van der Waals surface area contributed by atoms with Gasteiger partial charge in [0.15, 0.2) is 5.82 Å². The number of anilines is 1. The van der Waals surface area contributed by atoms with E-state index in [0.717, 1.165) is 62.5 Å². The molecule has 2 saturated heterocycles. The molecular weight excluding hydrogens is 495 g/mol. The zero-order valence-corrected chi connectivity index (χ0v) is 21.7. The number of likely N-dealkylation sites (tertiary alicyclic amines) is 2. The Labute approximate surface area is 226 Å². The highest BCUT2D eigenvalue weighted by atomic mass is 19.1. The van der Waals surface area contributed by atoms with Gasteiger partial charge in [-0.25, -0.2) is 24.0 Å². The molecule has 0 aliphatic carbocycles. The van der Waals surface area contributed by atoms with E-state index in [1.807, 2.05) is 41.4 Å². The Balaban J connectivity index is 1.23. The number of halogens is 1. The van der Waals surface area contributed by atoms with Crippen LogP contribution < -0.4 is 5.73 Å². The van der Waals surface area contributed by atoms with Crippen molar-refractivity contribution in [2.24, 2.45) is 0 Å². The average Bonchev–Trinajstić information content (AvgIpc) is 3.64. The van der Waals surface area contributed by atoms with Crippen LogP contribution in [0.4, 0.5) is 10.2 Å². The molecule has 0 spiro atoms. The van der Waals surface area contributed by atoms with Crippen molar-refractivity contribution in [3.8, 4) is 5.95 Å². The second kappa shape index (κ2) is 10.9. The molecule has 39 heavy (non-hydrogen) atoms. The number of piperidine rings is 1. The predicted molar refractivity (Wildman–Crippen MR) is 145 cm³/mol.